The number of anilines is 1. The molecule has 4 heteroatoms. The number of rotatable bonds is 2. The Morgan fingerprint density at radius 1 is 1.14 bits per heavy atom. The summed E-state index contributed by atoms with van der Waals surface area (Å²) in [6.07, 6.45) is 2.48. The average molecular weight is 311 g/mol. The Balaban J connectivity index is 2.13. The highest BCUT2D eigenvalue weighted by atomic mass is 32.1. The Kier molecular flexibility index (Phi) is 4.69. The fraction of sp³-hybridized carbons (Fsp3) is 0.824. The highest BCUT2D eigenvalue weighted by Gasteiger charge is 2.31. The summed E-state index contributed by atoms with van der Waals surface area (Å²) in [4.78, 5) is 8.28. The number of hydrogen-bond acceptors (Lipinski definition) is 4. The number of aliphatic hydroxyl groups excluding tert-OH is 1. The first-order valence-corrected chi connectivity index (χ1v) is 8.80. The lowest BCUT2D eigenvalue weighted by Gasteiger charge is -2.38. The fourth-order valence-corrected chi connectivity index (χ4v) is 4.29. The van der Waals surface area contributed by atoms with E-state index in [1.165, 1.54) is 12.8 Å². The summed E-state index contributed by atoms with van der Waals surface area (Å²) in [7, 11) is 0. The van der Waals surface area contributed by atoms with E-state index in [1.54, 1.807) is 11.3 Å². The van der Waals surface area contributed by atoms with Crippen molar-refractivity contribution >= 4 is 16.5 Å². The van der Waals surface area contributed by atoms with E-state index in [1.807, 2.05) is 0 Å². The monoisotopic (exact) mass is 310 g/mol. The van der Waals surface area contributed by atoms with E-state index in [4.69, 9.17) is 4.98 Å². The molecular weight excluding hydrogens is 280 g/mol. The van der Waals surface area contributed by atoms with Crippen molar-refractivity contribution in [2.45, 2.75) is 66.4 Å². The van der Waals surface area contributed by atoms with Gasteiger partial charge in [-0.3, -0.25) is 0 Å². The largest absolute Gasteiger partial charge is 0.391 e. The minimum absolute atomic E-state index is 0.00343. The first-order chi connectivity index (χ1) is 9.63. The van der Waals surface area contributed by atoms with Gasteiger partial charge in [-0.05, 0) is 24.2 Å². The van der Waals surface area contributed by atoms with E-state index in [2.05, 4.69) is 46.4 Å². The van der Waals surface area contributed by atoms with Crippen LogP contribution in [0.25, 0.3) is 0 Å². The van der Waals surface area contributed by atoms with Crippen LogP contribution in [-0.2, 0) is 12.0 Å². The highest BCUT2D eigenvalue weighted by Crippen LogP contribution is 2.38. The second-order valence-electron chi connectivity index (χ2n) is 8.30. The summed E-state index contributed by atoms with van der Waals surface area (Å²) in [5, 5.41) is 10.7. The lowest BCUT2D eigenvalue weighted by molar-refractivity contribution is 0.199. The SMILES string of the molecule is CC(C)(C)c1nc(N2CCC(C(C)(C)C)CC2)sc1CO. The number of nitrogens with zero attached hydrogens (tertiary/aromatic N) is 2. The minimum atomic E-state index is -0.00343. The van der Waals surface area contributed by atoms with Crippen molar-refractivity contribution in [2.75, 3.05) is 18.0 Å². The van der Waals surface area contributed by atoms with Gasteiger partial charge in [0.05, 0.1) is 17.2 Å². The molecule has 0 atom stereocenters. The third-order valence-electron chi connectivity index (χ3n) is 4.53. The van der Waals surface area contributed by atoms with E-state index in [0.717, 1.165) is 34.7 Å². The molecule has 1 N–H and O–H groups in total. The number of hydrogen-bond donors (Lipinski definition) is 1. The normalized spacial score (nSPS) is 18.3. The maximum Gasteiger partial charge on any atom is 0.185 e. The Morgan fingerprint density at radius 3 is 2.10 bits per heavy atom. The molecule has 0 bridgehead atoms. The molecule has 1 aromatic rings. The van der Waals surface area contributed by atoms with Gasteiger partial charge in [0.25, 0.3) is 0 Å². The van der Waals surface area contributed by atoms with Gasteiger partial charge in [0.15, 0.2) is 5.13 Å². The van der Waals surface area contributed by atoms with Crippen LogP contribution in [0, 0.1) is 11.3 Å². The zero-order valence-electron chi connectivity index (χ0n) is 14.4. The summed E-state index contributed by atoms with van der Waals surface area (Å²) in [6, 6.07) is 0. The molecular formula is C17H30N2OS. The van der Waals surface area contributed by atoms with Crippen LogP contribution < -0.4 is 4.90 Å². The van der Waals surface area contributed by atoms with Gasteiger partial charge in [-0.1, -0.05) is 52.9 Å². The molecule has 2 heterocycles. The van der Waals surface area contributed by atoms with Crippen LogP contribution in [0.15, 0.2) is 0 Å². The molecule has 3 nitrogen and oxygen atoms in total. The molecule has 2 rings (SSSR count). The first-order valence-electron chi connectivity index (χ1n) is 7.99. The smallest absolute Gasteiger partial charge is 0.185 e. The molecule has 1 saturated heterocycles. The zero-order chi connectivity index (χ0) is 15.8. The molecule has 0 unspecified atom stereocenters. The van der Waals surface area contributed by atoms with Crippen molar-refractivity contribution in [1.29, 1.82) is 0 Å². The molecule has 0 amide bonds. The predicted molar refractivity (Wildman–Crippen MR) is 91.1 cm³/mol. The standard InChI is InChI=1S/C17H30N2OS/c1-16(2,3)12-7-9-19(10-8-12)15-18-14(17(4,5)6)13(11-20)21-15/h12,20H,7-11H2,1-6H3. The van der Waals surface area contributed by atoms with E-state index >= 15 is 0 Å². The van der Waals surface area contributed by atoms with Crippen molar-refractivity contribution in [3.05, 3.63) is 10.6 Å². The van der Waals surface area contributed by atoms with Gasteiger partial charge < -0.3 is 10.0 Å². The molecule has 0 aliphatic carbocycles. The third-order valence-corrected chi connectivity index (χ3v) is 5.63. The van der Waals surface area contributed by atoms with Gasteiger partial charge >= 0.3 is 0 Å². The average Bonchev–Trinajstić information content (AvgIpc) is 2.82. The molecule has 0 saturated carbocycles. The van der Waals surface area contributed by atoms with Crippen LogP contribution in [0.4, 0.5) is 5.13 Å². The number of piperidine rings is 1. The van der Waals surface area contributed by atoms with Gasteiger partial charge in [-0.2, -0.15) is 0 Å². The topological polar surface area (TPSA) is 36.4 Å². The number of aromatic nitrogens is 1. The third kappa shape index (κ3) is 3.78. The second kappa shape index (κ2) is 5.88. The van der Waals surface area contributed by atoms with Crippen molar-refractivity contribution < 1.29 is 5.11 Å². The second-order valence-corrected chi connectivity index (χ2v) is 9.37. The van der Waals surface area contributed by atoms with Gasteiger partial charge in [-0.25, -0.2) is 4.98 Å². The van der Waals surface area contributed by atoms with Crippen LogP contribution >= 0.6 is 11.3 Å². The molecule has 21 heavy (non-hydrogen) atoms. The van der Waals surface area contributed by atoms with Crippen molar-refractivity contribution in [3.63, 3.8) is 0 Å². The van der Waals surface area contributed by atoms with Crippen molar-refractivity contribution in [3.8, 4) is 0 Å². The molecule has 120 valence electrons. The summed E-state index contributed by atoms with van der Waals surface area (Å²) < 4.78 is 0. The molecule has 0 aromatic carbocycles. The van der Waals surface area contributed by atoms with Crippen LogP contribution in [0.5, 0.6) is 0 Å². The molecule has 0 radical (unpaired) electrons. The maximum atomic E-state index is 9.59. The number of thiazole rings is 1. The minimum Gasteiger partial charge on any atom is -0.391 e. The lowest BCUT2D eigenvalue weighted by atomic mass is 9.75. The fourth-order valence-electron chi connectivity index (χ4n) is 3.10. The molecule has 0 spiro atoms. The van der Waals surface area contributed by atoms with Crippen LogP contribution in [0.2, 0.25) is 0 Å². The van der Waals surface area contributed by atoms with Gasteiger partial charge in [-0.15, -0.1) is 0 Å². The number of aliphatic hydroxyl groups is 1. The highest BCUT2D eigenvalue weighted by molar-refractivity contribution is 7.15. The summed E-state index contributed by atoms with van der Waals surface area (Å²) in [5.74, 6) is 0.799. The van der Waals surface area contributed by atoms with Gasteiger partial charge in [0, 0.05) is 18.5 Å². The van der Waals surface area contributed by atoms with Gasteiger partial charge in [0.2, 0.25) is 0 Å². The maximum absolute atomic E-state index is 9.59. The van der Waals surface area contributed by atoms with E-state index in [9.17, 15) is 5.11 Å². The summed E-state index contributed by atoms with van der Waals surface area (Å²) in [6.45, 7) is 15.8. The van der Waals surface area contributed by atoms with E-state index in [0.29, 0.717) is 5.41 Å². The first kappa shape index (κ1) is 16.8. The van der Waals surface area contributed by atoms with Crippen LogP contribution in [0.3, 0.4) is 0 Å². The summed E-state index contributed by atoms with van der Waals surface area (Å²) in [5.41, 5.74) is 1.46. The molecule has 1 aromatic heterocycles. The van der Waals surface area contributed by atoms with Crippen molar-refractivity contribution in [1.82, 2.24) is 4.98 Å². The lowest BCUT2D eigenvalue weighted by Crippen LogP contribution is -2.38. The Hall–Kier alpha value is -0.610. The Bertz CT molecular complexity index is 474. The quantitative estimate of drug-likeness (QED) is 0.889. The van der Waals surface area contributed by atoms with Crippen LogP contribution in [0.1, 0.15) is 65.0 Å². The van der Waals surface area contributed by atoms with Crippen LogP contribution in [-0.4, -0.2) is 23.2 Å². The Labute approximate surface area is 133 Å². The van der Waals surface area contributed by atoms with Crippen molar-refractivity contribution in [2.24, 2.45) is 11.3 Å². The molecule has 1 aliphatic heterocycles. The molecule has 1 aliphatic rings. The predicted octanol–water partition coefficient (Wildman–Crippen LogP) is 4.20. The van der Waals surface area contributed by atoms with E-state index in [-0.39, 0.29) is 12.0 Å². The van der Waals surface area contributed by atoms with E-state index < -0.39 is 0 Å². The summed E-state index contributed by atoms with van der Waals surface area (Å²) >= 11 is 1.67. The Morgan fingerprint density at radius 2 is 1.71 bits per heavy atom. The van der Waals surface area contributed by atoms with Gasteiger partial charge in [0.1, 0.15) is 0 Å². The zero-order valence-corrected chi connectivity index (χ0v) is 15.2. The molecule has 1 fully saturated rings.